The Kier molecular flexibility index (Phi) is 4.86. The van der Waals surface area contributed by atoms with E-state index in [-0.39, 0.29) is 11.9 Å². The molecule has 1 N–H and O–H groups in total. The molecule has 1 atom stereocenters. The van der Waals surface area contributed by atoms with Crippen molar-refractivity contribution < 1.29 is 4.39 Å². The van der Waals surface area contributed by atoms with Gasteiger partial charge in [-0.15, -0.1) is 12.3 Å². The second kappa shape index (κ2) is 6.21. The molecule has 0 aromatic heterocycles. The average molecular weight is 205 g/mol. The van der Waals surface area contributed by atoms with Crippen LogP contribution in [0.15, 0.2) is 24.3 Å². The molecular weight excluding hydrogens is 189 g/mol. The monoisotopic (exact) mass is 205 g/mol. The normalized spacial score (nSPS) is 12.1. The van der Waals surface area contributed by atoms with E-state index in [2.05, 4.69) is 18.2 Å². The van der Waals surface area contributed by atoms with Crippen LogP contribution >= 0.6 is 0 Å². The van der Waals surface area contributed by atoms with Crippen LogP contribution in [0.25, 0.3) is 0 Å². The van der Waals surface area contributed by atoms with Crippen LogP contribution in [0, 0.1) is 18.2 Å². The molecule has 2 heteroatoms. The van der Waals surface area contributed by atoms with E-state index in [0.29, 0.717) is 0 Å². The molecule has 0 radical (unpaired) electrons. The molecule has 0 saturated carbocycles. The van der Waals surface area contributed by atoms with E-state index in [4.69, 9.17) is 6.42 Å². The second-order valence-electron chi connectivity index (χ2n) is 3.54. The molecule has 0 heterocycles. The number of hydrogen-bond donors (Lipinski definition) is 1. The van der Waals surface area contributed by atoms with Gasteiger partial charge in [0, 0.05) is 12.5 Å². The van der Waals surface area contributed by atoms with Crippen LogP contribution in [0.2, 0.25) is 0 Å². The first kappa shape index (κ1) is 11.7. The Morgan fingerprint density at radius 1 is 1.40 bits per heavy atom. The van der Waals surface area contributed by atoms with E-state index < -0.39 is 0 Å². The first-order valence-electron chi connectivity index (χ1n) is 5.16. The lowest BCUT2D eigenvalue weighted by atomic mass is 10.1. The third-order valence-electron chi connectivity index (χ3n) is 2.32. The summed E-state index contributed by atoms with van der Waals surface area (Å²) in [7, 11) is 0. The van der Waals surface area contributed by atoms with Gasteiger partial charge in [-0.2, -0.15) is 0 Å². The van der Waals surface area contributed by atoms with Gasteiger partial charge in [-0.1, -0.05) is 12.1 Å². The number of halogens is 1. The second-order valence-corrected chi connectivity index (χ2v) is 3.54. The molecule has 0 aliphatic heterocycles. The Bertz CT molecular complexity index is 323. The average Bonchev–Trinajstić information content (AvgIpc) is 2.25. The third-order valence-corrected chi connectivity index (χ3v) is 2.32. The van der Waals surface area contributed by atoms with Gasteiger partial charge < -0.3 is 5.32 Å². The van der Waals surface area contributed by atoms with E-state index in [1.165, 1.54) is 12.1 Å². The Morgan fingerprint density at radius 2 is 2.07 bits per heavy atom. The van der Waals surface area contributed by atoms with Crippen LogP contribution in [0.5, 0.6) is 0 Å². The van der Waals surface area contributed by atoms with Crippen molar-refractivity contribution >= 4 is 0 Å². The van der Waals surface area contributed by atoms with Crippen molar-refractivity contribution in [2.24, 2.45) is 0 Å². The van der Waals surface area contributed by atoms with E-state index in [9.17, 15) is 4.39 Å². The van der Waals surface area contributed by atoms with E-state index in [1.807, 2.05) is 0 Å². The van der Waals surface area contributed by atoms with Gasteiger partial charge in [0.25, 0.3) is 0 Å². The predicted octanol–water partition coefficient (Wildman–Crippen LogP) is 2.89. The van der Waals surface area contributed by atoms with Gasteiger partial charge in [0.1, 0.15) is 5.82 Å². The minimum atomic E-state index is -0.196. The van der Waals surface area contributed by atoms with Gasteiger partial charge in [0.05, 0.1) is 0 Å². The molecule has 1 nitrogen and oxygen atoms in total. The van der Waals surface area contributed by atoms with Crippen LogP contribution in [-0.4, -0.2) is 6.54 Å². The number of nitrogens with one attached hydrogen (secondary N) is 1. The molecule has 0 spiro atoms. The van der Waals surface area contributed by atoms with Crippen LogP contribution in [0.4, 0.5) is 4.39 Å². The molecule has 0 amide bonds. The van der Waals surface area contributed by atoms with Crippen molar-refractivity contribution in [3.8, 4) is 12.3 Å². The van der Waals surface area contributed by atoms with E-state index in [1.54, 1.807) is 12.1 Å². The summed E-state index contributed by atoms with van der Waals surface area (Å²) in [6.07, 6.45) is 6.92. The van der Waals surface area contributed by atoms with Crippen LogP contribution in [-0.2, 0) is 0 Å². The number of benzene rings is 1. The molecule has 15 heavy (non-hydrogen) atoms. The zero-order valence-electron chi connectivity index (χ0n) is 8.96. The van der Waals surface area contributed by atoms with Gasteiger partial charge in [-0.3, -0.25) is 0 Å². The maximum atomic E-state index is 12.7. The maximum absolute atomic E-state index is 12.7. The topological polar surface area (TPSA) is 12.0 Å². The summed E-state index contributed by atoms with van der Waals surface area (Å²) in [6, 6.07) is 6.80. The van der Waals surface area contributed by atoms with Crippen molar-refractivity contribution in [2.45, 2.75) is 25.8 Å². The minimum Gasteiger partial charge on any atom is -0.310 e. The van der Waals surface area contributed by atoms with Crippen molar-refractivity contribution in [3.05, 3.63) is 35.6 Å². The van der Waals surface area contributed by atoms with Crippen molar-refractivity contribution in [2.75, 3.05) is 6.54 Å². The first-order valence-corrected chi connectivity index (χ1v) is 5.16. The van der Waals surface area contributed by atoms with Gasteiger partial charge >= 0.3 is 0 Å². The highest BCUT2D eigenvalue weighted by Gasteiger charge is 2.03. The Balaban J connectivity index is 2.37. The fraction of sp³-hybridized carbons (Fsp3) is 0.385. The number of hydrogen-bond acceptors (Lipinski definition) is 1. The molecule has 1 aromatic carbocycles. The maximum Gasteiger partial charge on any atom is 0.123 e. The molecule has 0 aliphatic rings. The molecule has 0 bridgehead atoms. The third kappa shape index (κ3) is 4.14. The largest absolute Gasteiger partial charge is 0.310 e. The fourth-order valence-corrected chi connectivity index (χ4v) is 1.38. The highest BCUT2D eigenvalue weighted by molar-refractivity contribution is 5.19. The molecule has 0 fully saturated rings. The number of rotatable bonds is 5. The molecule has 1 aromatic rings. The summed E-state index contributed by atoms with van der Waals surface area (Å²) in [4.78, 5) is 0. The fourth-order valence-electron chi connectivity index (χ4n) is 1.38. The molecular formula is C13H16FN. The minimum absolute atomic E-state index is 0.196. The quantitative estimate of drug-likeness (QED) is 0.575. The zero-order chi connectivity index (χ0) is 11.1. The van der Waals surface area contributed by atoms with Crippen molar-refractivity contribution in [3.63, 3.8) is 0 Å². The van der Waals surface area contributed by atoms with Crippen molar-refractivity contribution in [1.29, 1.82) is 0 Å². The SMILES string of the molecule is C#CCCCN[C@H](C)c1ccc(F)cc1. The molecule has 80 valence electrons. The van der Waals surface area contributed by atoms with E-state index in [0.717, 1.165) is 24.9 Å². The van der Waals surface area contributed by atoms with Gasteiger partial charge in [0.15, 0.2) is 0 Å². The molecule has 0 saturated heterocycles. The number of unbranched alkanes of at least 4 members (excludes halogenated alkanes) is 1. The highest BCUT2D eigenvalue weighted by Crippen LogP contribution is 2.12. The number of terminal acetylenes is 1. The lowest BCUT2D eigenvalue weighted by Gasteiger charge is -2.13. The Hall–Kier alpha value is -1.33. The molecule has 1 rings (SSSR count). The van der Waals surface area contributed by atoms with Crippen LogP contribution in [0.1, 0.15) is 31.4 Å². The zero-order valence-corrected chi connectivity index (χ0v) is 8.96. The lowest BCUT2D eigenvalue weighted by Crippen LogP contribution is -2.19. The standard InChI is InChI=1S/C13H16FN/c1-3-4-5-10-15-11(2)12-6-8-13(14)9-7-12/h1,6-9,11,15H,4-5,10H2,2H3/t11-/m1/s1. The van der Waals surface area contributed by atoms with Crippen LogP contribution in [0.3, 0.4) is 0 Å². The van der Waals surface area contributed by atoms with Crippen molar-refractivity contribution in [1.82, 2.24) is 5.32 Å². The predicted molar refractivity (Wildman–Crippen MR) is 60.9 cm³/mol. The lowest BCUT2D eigenvalue weighted by molar-refractivity contribution is 0.560. The Morgan fingerprint density at radius 3 is 2.67 bits per heavy atom. The summed E-state index contributed by atoms with van der Waals surface area (Å²) < 4.78 is 12.7. The smallest absolute Gasteiger partial charge is 0.123 e. The Labute approximate surface area is 90.7 Å². The summed E-state index contributed by atoms with van der Waals surface area (Å²) in [5.74, 6) is 2.40. The summed E-state index contributed by atoms with van der Waals surface area (Å²) in [5, 5.41) is 3.34. The summed E-state index contributed by atoms with van der Waals surface area (Å²) >= 11 is 0. The molecule has 0 aliphatic carbocycles. The first-order chi connectivity index (χ1) is 7.24. The van der Waals surface area contributed by atoms with Gasteiger partial charge in [0.2, 0.25) is 0 Å². The highest BCUT2D eigenvalue weighted by atomic mass is 19.1. The summed E-state index contributed by atoms with van der Waals surface area (Å²) in [6.45, 7) is 2.95. The van der Waals surface area contributed by atoms with Crippen LogP contribution < -0.4 is 5.32 Å². The molecule has 0 unspecified atom stereocenters. The van der Waals surface area contributed by atoms with Gasteiger partial charge in [-0.25, -0.2) is 4.39 Å². The van der Waals surface area contributed by atoms with E-state index >= 15 is 0 Å². The summed E-state index contributed by atoms with van der Waals surface area (Å²) in [5.41, 5.74) is 1.09. The van der Waals surface area contributed by atoms with Gasteiger partial charge in [-0.05, 0) is 37.6 Å².